The largest absolute Gasteiger partial charge is 0.496 e. The molecule has 1 saturated heterocycles. The maximum Gasteiger partial charge on any atom is 0.224 e. The van der Waals surface area contributed by atoms with Crippen molar-refractivity contribution in [1.29, 1.82) is 0 Å². The summed E-state index contributed by atoms with van der Waals surface area (Å²) < 4.78 is 5.36. The molecule has 3 rings (SSSR count). The Morgan fingerprint density at radius 1 is 1.14 bits per heavy atom. The molecule has 5 heteroatoms. The summed E-state index contributed by atoms with van der Waals surface area (Å²) in [6.07, 6.45) is 2.29. The van der Waals surface area contributed by atoms with E-state index in [0.29, 0.717) is 19.5 Å². The van der Waals surface area contributed by atoms with E-state index in [-0.39, 0.29) is 23.8 Å². The highest BCUT2D eigenvalue weighted by molar-refractivity contribution is 5.81. The summed E-state index contributed by atoms with van der Waals surface area (Å²) in [5.41, 5.74) is 3.40. The summed E-state index contributed by atoms with van der Waals surface area (Å²) in [6.45, 7) is 4.67. The third-order valence-corrected chi connectivity index (χ3v) is 5.67. The monoisotopic (exact) mass is 394 g/mol. The predicted octanol–water partition coefficient (Wildman–Crippen LogP) is 3.66. The van der Waals surface area contributed by atoms with Crippen LogP contribution in [0.4, 0.5) is 0 Å². The van der Waals surface area contributed by atoms with Crippen molar-refractivity contribution in [3.05, 3.63) is 65.2 Å². The second kappa shape index (κ2) is 9.59. The van der Waals surface area contributed by atoms with Crippen molar-refractivity contribution < 1.29 is 14.3 Å². The standard InChI is InChI=1S/C24H30N2O3/c1-17-7-6-9-20(15-17)22-12-11-21(16-26(22)18(2)27)24(28)25-14-13-19-8-4-5-10-23(19)29-3/h4-10,15,21-22H,11-14,16H2,1-3H3,(H,25,28). The molecular weight excluding hydrogens is 364 g/mol. The lowest BCUT2D eigenvalue weighted by Crippen LogP contribution is -2.46. The molecule has 2 atom stereocenters. The first kappa shape index (κ1) is 20.9. The smallest absolute Gasteiger partial charge is 0.224 e. The average molecular weight is 395 g/mol. The van der Waals surface area contributed by atoms with Crippen LogP contribution in [0.25, 0.3) is 0 Å². The minimum absolute atomic E-state index is 0.0167. The van der Waals surface area contributed by atoms with Crippen LogP contribution < -0.4 is 10.1 Å². The van der Waals surface area contributed by atoms with Gasteiger partial charge in [0.25, 0.3) is 0 Å². The Morgan fingerprint density at radius 2 is 1.93 bits per heavy atom. The fourth-order valence-electron chi connectivity index (χ4n) is 4.13. The van der Waals surface area contributed by atoms with E-state index >= 15 is 0 Å². The van der Waals surface area contributed by atoms with E-state index in [1.54, 1.807) is 14.0 Å². The number of carbonyl (C=O) groups excluding carboxylic acids is 2. The molecule has 1 heterocycles. The molecule has 29 heavy (non-hydrogen) atoms. The Hall–Kier alpha value is -2.82. The molecule has 154 valence electrons. The summed E-state index contributed by atoms with van der Waals surface area (Å²) in [4.78, 5) is 26.9. The number of piperidine rings is 1. The molecule has 0 radical (unpaired) electrons. The van der Waals surface area contributed by atoms with E-state index in [0.717, 1.165) is 29.7 Å². The highest BCUT2D eigenvalue weighted by Gasteiger charge is 2.34. The molecule has 0 bridgehead atoms. The molecule has 2 unspecified atom stereocenters. The Bertz CT molecular complexity index is 865. The molecule has 1 N–H and O–H groups in total. The minimum atomic E-state index is -0.169. The topological polar surface area (TPSA) is 58.6 Å². The number of ether oxygens (including phenoxy) is 1. The molecule has 2 aromatic rings. The Labute approximate surface area is 173 Å². The zero-order valence-electron chi connectivity index (χ0n) is 17.5. The summed E-state index contributed by atoms with van der Waals surface area (Å²) in [6, 6.07) is 16.2. The van der Waals surface area contributed by atoms with E-state index in [1.165, 1.54) is 5.56 Å². The van der Waals surface area contributed by atoms with Crippen LogP contribution in [-0.4, -0.2) is 36.9 Å². The van der Waals surface area contributed by atoms with Gasteiger partial charge in [-0.2, -0.15) is 0 Å². The van der Waals surface area contributed by atoms with Gasteiger partial charge in [0, 0.05) is 20.0 Å². The first-order valence-electron chi connectivity index (χ1n) is 10.2. The number of carbonyl (C=O) groups is 2. The van der Waals surface area contributed by atoms with Crippen molar-refractivity contribution in [2.75, 3.05) is 20.2 Å². The molecule has 0 aliphatic carbocycles. The number of likely N-dealkylation sites (tertiary alicyclic amines) is 1. The summed E-state index contributed by atoms with van der Waals surface area (Å²) >= 11 is 0. The van der Waals surface area contributed by atoms with Crippen LogP contribution in [0.2, 0.25) is 0 Å². The van der Waals surface area contributed by atoms with Crippen molar-refractivity contribution in [2.24, 2.45) is 5.92 Å². The number of nitrogens with zero attached hydrogens (tertiary/aromatic N) is 1. The fraction of sp³-hybridized carbons (Fsp3) is 0.417. The van der Waals surface area contributed by atoms with Crippen molar-refractivity contribution in [3.63, 3.8) is 0 Å². The van der Waals surface area contributed by atoms with Gasteiger partial charge in [-0.25, -0.2) is 0 Å². The third-order valence-electron chi connectivity index (χ3n) is 5.67. The molecule has 0 saturated carbocycles. The normalized spacial score (nSPS) is 18.9. The molecule has 1 aliphatic heterocycles. The molecular formula is C24H30N2O3. The van der Waals surface area contributed by atoms with Gasteiger partial charge in [-0.3, -0.25) is 9.59 Å². The van der Waals surface area contributed by atoms with Crippen LogP contribution in [0.1, 0.15) is 42.5 Å². The zero-order chi connectivity index (χ0) is 20.8. The molecule has 2 aromatic carbocycles. The van der Waals surface area contributed by atoms with Crippen LogP contribution >= 0.6 is 0 Å². The maximum absolute atomic E-state index is 12.7. The number of aryl methyl sites for hydroxylation is 1. The summed E-state index contributed by atoms with van der Waals surface area (Å²) in [5.74, 6) is 0.706. The molecule has 0 spiro atoms. The number of amides is 2. The molecule has 5 nitrogen and oxygen atoms in total. The van der Waals surface area contributed by atoms with Crippen LogP contribution in [-0.2, 0) is 16.0 Å². The Balaban J connectivity index is 1.59. The van der Waals surface area contributed by atoms with E-state index < -0.39 is 0 Å². The van der Waals surface area contributed by atoms with Crippen molar-refractivity contribution in [3.8, 4) is 5.75 Å². The molecule has 0 aromatic heterocycles. The maximum atomic E-state index is 12.7. The lowest BCUT2D eigenvalue weighted by molar-refractivity contribution is -0.137. The van der Waals surface area contributed by atoms with Gasteiger partial charge in [0.1, 0.15) is 5.75 Å². The Morgan fingerprint density at radius 3 is 2.66 bits per heavy atom. The number of rotatable bonds is 6. The second-order valence-electron chi connectivity index (χ2n) is 7.73. The summed E-state index contributed by atoms with van der Waals surface area (Å²) in [5, 5.41) is 3.04. The summed E-state index contributed by atoms with van der Waals surface area (Å²) in [7, 11) is 1.65. The first-order chi connectivity index (χ1) is 14.0. The zero-order valence-corrected chi connectivity index (χ0v) is 17.5. The van der Waals surface area contributed by atoms with Crippen LogP contribution in [0, 0.1) is 12.8 Å². The van der Waals surface area contributed by atoms with Gasteiger partial charge in [0.15, 0.2) is 0 Å². The van der Waals surface area contributed by atoms with Crippen LogP contribution in [0.3, 0.4) is 0 Å². The second-order valence-corrected chi connectivity index (χ2v) is 7.73. The van der Waals surface area contributed by atoms with Gasteiger partial charge in [-0.1, -0.05) is 48.0 Å². The van der Waals surface area contributed by atoms with E-state index in [9.17, 15) is 9.59 Å². The van der Waals surface area contributed by atoms with Gasteiger partial charge in [-0.15, -0.1) is 0 Å². The van der Waals surface area contributed by atoms with Crippen molar-refractivity contribution in [2.45, 2.75) is 39.2 Å². The van der Waals surface area contributed by atoms with Crippen LogP contribution in [0.15, 0.2) is 48.5 Å². The molecule has 2 amide bonds. The molecule has 1 fully saturated rings. The highest BCUT2D eigenvalue weighted by Crippen LogP contribution is 2.34. The average Bonchev–Trinajstić information content (AvgIpc) is 2.73. The van der Waals surface area contributed by atoms with Gasteiger partial charge in [-0.05, 0) is 43.4 Å². The Kier molecular flexibility index (Phi) is 6.91. The predicted molar refractivity (Wildman–Crippen MR) is 114 cm³/mol. The van der Waals surface area contributed by atoms with E-state index in [4.69, 9.17) is 4.74 Å². The molecule has 1 aliphatic rings. The van der Waals surface area contributed by atoms with Gasteiger partial charge in [0.05, 0.1) is 19.1 Å². The van der Waals surface area contributed by atoms with Gasteiger partial charge in [0.2, 0.25) is 11.8 Å². The lowest BCUT2D eigenvalue weighted by Gasteiger charge is -2.39. The first-order valence-corrected chi connectivity index (χ1v) is 10.2. The van der Waals surface area contributed by atoms with Crippen molar-refractivity contribution >= 4 is 11.8 Å². The highest BCUT2D eigenvalue weighted by atomic mass is 16.5. The van der Waals surface area contributed by atoms with Crippen LogP contribution in [0.5, 0.6) is 5.75 Å². The third kappa shape index (κ3) is 5.17. The number of para-hydroxylation sites is 1. The fourth-order valence-corrected chi connectivity index (χ4v) is 4.13. The van der Waals surface area contributed by atoms with Crippen molar-refractivity contribution in [1.82, 2.24) is 10.2 Å². The lowest BCUT2D eigenvalue weighted by atomic mass is 9.88. The number of hydrogen-bond acceptors (Lipinski definition) is 3. The van der Waals surface area contributed by atoms with Gasteiger partial charge >= 0.3 is 0 Å². The number of nitrogens with one attached hydrogen (secondary N) is 1. The SMILES string of the molecule is COc1ccccc1CCNC(=O)C1CCC(c2cccc(C)c2)N(C(C)=O)C1. The van der Waals surface area contributed by atoms with E-state index in [2.05, 4.69) is 30.4 Å². The quantitative estimate of drug-likeness (QED) is 0.813. The number of hydrogen-bond donors (Lipinski definition) is 1. The number of methoxy groups -OCH3 is 1. The van der Waals surface area contributed by atoms with Gasteiger partial charge < -0.3 is 15.0 Å². The number of benzene rings is 2. The minimum Gasteiger partial charge on any atom is -0.496 e. The van der Waals surface area contributed by atoms with E-state index in [1.807, 2.05) is 35.2 Å².